The highest BCUT2D eigenvalue weighted by Crippen LogP contribution is 2.65. The number of aliphatic hydroxyl groups excluding tert-OH is 1. The summed E-state index contributed by atoms with van der Waals surface area (Å²) >= 11 is 0. The highest BCUT2D eigenvalue weighted by atomic mass is 16.6. The molecule has 0 bridgehead atoms. The number of esters is 3. The van der Waals surface area contributed by atoms with Gasteiger partial charge in [-0.3, -0.25) is 9.59 Å². The van der Waals surface area contributed by atoms with E-state index in [-0.39, 0.29) is 29.7 Å². The number of ether oxygens (including phenoxy) is 3. The Balaban J connectivity index is 1.92. The molecule has 1 heterocycles. The predicted octanol–water partition coefficient (Wildman–Crippen LogP) is 1.83. The Morgan fingerprint density at radius 3 is 2.31 bits per heavy atom. The third kappa shape index (κ3) is 2.99. The molecule has 0 aromatic heterocycles. The van der Waals surface area contributed by atoms with Crippen molar-refractivity contribution in [2.45, 2.75) is 84.4 Å². The van der Waals surface area contributed by atoms with Crippen molar-refractivity contribution in [3.63, 3.8) is 0 Å². The second kappa shape index (κ2) is 7.15. The standard InChI is InChI=1S/C24H32O8/c1-11-19-14(32-21(11)28)9-16-23(6)15(22(4,5)8-7-17(23)30-12(2)25)10-18(31-13(3)26)24(16,29)20(19)27/h7-8,14-18,20,27,29H,9-10H2,1-6H3/t14-,15-,16+,17-,18+,20+,23-,24-/m1/s1. The lowest BCUT2D eigenvalue weighted by atomic mass is 9.42. The van der Waals surface area contributed by atoms with Gasteiger partial charge in [-0.05, 0) is 37.2 Å². The summed E-state index contributed by atoms with van der Waals surface area (Å²) in [6, 6.07) is 0. The summed E-state index contributed by atoms with van der Waals surface area (Å²) in [5.41, 5.74) is -2.46. The van der Waals surface area contributed by atoms with Crippen molar-refractivity contribution in [2.24, 2.45) is 22.7 Å². The average molecular weight is 449 g/mol. The van der Waals surface area contributed by atoms with Gasteiger partial charge in [0.15, 0.2) is 0 Å². The topological polar surface area (TPSA) is 119 Å². The van der Waals surface area contributed by atoms with E-state index in [1.54, 1.807) is 6.92 Å². The van der Waals surface area contributed by atoms with Crippen LogP contribution in [0.1, 0.15) is 54.4 Å². The molecule has 2 saturated carbocycles. The first kappa shape index (κ1) is 23.0. The van der Waals surface area contributed by atoms with Gasteiger partial charge < -0.3 is 24.4 Å². The van der Waals surface area contributed by atoms with Crippen molar-refractivity contribution in [3.8, 4) is 0 Å². The van der Waals surface area contributed by atoms with Gasteiger partial charge in [-0.15, -0.1) is 0 Å². The highest BCUT2D eigenvalue weighted by molar-refractivity contribution is 5.92. The van der Waals surface area contributed by atoms with Crippen LogP contribution in [0.15, 0.2) is 23.3 Å². The molecule has 0 amide bonds. The molecule has 0 aromatic carbocycles. The second-order valence-corrected chi connectivity index (χ2v) is 10.5. The quantitative estimate of drug-likeness (QED) is 0.373. The summed E-state index contributed by atoms with van der Waals surface area (Å²) in [6.07, 6.45) is 0.498. The first-order chi connectivity index (χ1) is 14.7. The van der Waals surface area contributed by atoms with Crippen LogP contribution >= 0.6 is 0 Å². The van der Waals surface area contributed by atoms with Crippen LogP contribution in [0.3, 0.4) is 0 Å². The number of rotatable bonds is 2. The smallest absolute Gasteiger partial charge is 0.334 e. The van der Waals surface area contributed by atoms with E-state index >= 15 is 0 Å². The molecule has 0 saturated heterocycles. The largest absolute Gasteiger partial charge is 0.459 e. The number of fused-ring (bicyclic) bond motifs is 4. The van der Waals surface area contributed by atoms with Crippen LogP contribution in [0.5, 0.6) is 0 Å². The molecule has 4 aliphatic rings. The fraction of sp³-hybridized carbons (Fsp3) is 0.708. The highest BCUT2D eigenvalue weighted by Gasteiger charge is 2.72. The molecule has 0 radical (unpaired) electrons. The van der Waals surface area contributed by atoms with Crippen LogP contribution in [0.2, 0.25) is 0 Å². The molecule has 176 valence electrons. The van der Waals surface area contributed by atoms with E-state index in [0.29, 0.717) is 5.57 Å². The second-order valence-electron chi connectivity index (χ2n) is 10.5. The van der Waals surface area contributed by atoms with E-state index in [1.165, 1.54) is 13.8 Å². The van der Waals surface area contributed by atoms with Gasteiger partial charge in [-0.2, -0.15) is 0 Å². The minimum atomic E-state index is -1.88. The molecule has 0 unspecified atom stereocenters. The summed E-state index contributed by atoms with van der Waals surface area (Å²) in [7, 11) is 0. The van der Waals surface area contributed by atoms with Crippen LogP contribution in [-0.2, 0) is 28.6 Å². The SMILES string of the molecule is CC(=O)O[C@H]1C[C@@H]2C(C)(C)C=C[C@@H](OC(C)=O)[C@@]2(C)[C@@H]2C[C@H]3OC(=O)C(C)=C3[C@H](O)[C@]12O. The summed E-state index contributed by atoms with van der Waals surface area (Å²) in [5, 5.41) is 23.6. The lowest BCUT2D eigenvalue weighted by Crippen LogP contribution is -2.74. The maximum atomic E-state index is 12.3. The lowest BCUT2D eigenvalue weighted by molar-refractivity contribution is -0.280. The molecular formula is C24H32O8. The number of carbonyl (C=O) groups is 3. The zero-order valence-electron chi connectivity index (χ0n) is 19.4. The van der Waals surface area contributed by atoms with Crippen molar-refractivity contribution in [1.82, 2.24) is 0 Å². The molecule has 2 N–H and O–H groups in total. The van der Waals surface area contributed by atoms with Gasteiger partial charge in [0.05, 0.1) is 0 Å². The minimum absolute atomic E-state index is 0.157. The lowest BCUT2D eigenvalue weighted by Gasteiger charge is -2.65. The zero-order valence-corrected chi connectivity index (χ0v) is 19.4. The van der Waals surface area contributed by atoms with Crippen molar-refractivity contribution < 1.29 is 38.8 Å². The first-order valence-corrected chi connectivity index (χ1v) is 11.1. The zero-order chi connectivity index (χ0) is 23.8. The monoisotopic (exact) mass is 448 g/mol. The third-order valence-electron chi connectivity index (χ3n) is 8.36. The molecule has 32 heavy (non-hydrogen) atoms. The van der Waals surface area contributed by atoms with Crippen molar-refractivity contribution >= 4 is 17.9 Å². The van der Waals surface area contributed by atoms with Crippen LogP contribution in [0, 0.1) is 22.7 Å². The minimum Gasteiger partial charge on any atom is -0.459 e. The predicted molar refractivity (Wildman–Crippen MR) is 112 cm³/mol. The number of hydrogen-bond acceptors (Lipinski definition) is 8. The molecule has 2 fully saturated rings. The maximum absolute atomic E-state index is 12.3. The van der Waals surface area contributed by atoms with Gasteiger partial charge in [0, 0.05) is 36.3 Å². The summed E-state index contributed by atoms with van der Waals surface area (Å²) in [5.74, 6) is -2.39. The van der Waals surface area contributed by atoms with E-state index in [9.17, 15) is 24.6 Å². The van der Waals surface area contributed by atoms with Gasteiger partial charge in [0.2, 0.25) is 0 Å². The normalized spacial score (nSPS) is 44.2. The number of hydrogen-bond donors (Lipinski definition) is 2. The van der Waals surface area contributed by atoms with Gasteiger partial charge in [0.1, 0.15) is 30.0 Å². The van der Waals surface area contributed by atoms with Crippen LogP contribution in [-0.4, -0.2) is 58.1 Å². The number of carbonyl (C=O) groups excluding carboxylic acids is 3. The van der Waals surface area contributed by atoms with Gasteiger partial charge in [0.25, 0.3) is 0 Å². The van der Waals surface area contributed by atoms with Crippen molar-refractivity contribution in [2.75, 3.05) is 0 Å². The average Bonchev–Trinajstić information content (AvgIpc) is 2.95. The van der Waals surface area contributed by atoms with Gasteiger partial charge in [-0.25, -0.2) is 4.79 Å². The molecule has 8 heteroatoms. The summed E-state index contributed by atoms with van der Waals surface area (Å²) < 4.78 is 16.9. The van der Waals surface area contributed by atoms with Gasteiger partial charge >= 0.3 is 17.9 Å². The van der Waals surface area contributed by atoms with Crippen LogP contribution in [0.25, 0.3) is 0 Å². The van der Waals surface area contributed by atoms with E-state index in [2.05, 4.69) is 13.8 Å². The molecule has 1 aliphatic heterocycles. The number of aliphatic hydroxyl groups is 2. The van der Waals surface area contributed by atoms with Crippen LogP contribution in [0.4, 0.5) is 0 Å². The Kier molecular flexibility index (Phi) is 5.14. The Bertz CT molecular complexity index is 932. The summed E-state index contributed by atoms with van der Waals surface area (Å²) in [6.45, 7) is 10.2. The molecule has 3 aliphatic carbocycles. The molecule has 0 spiro atoms. The fourth-order valence-corrected chi connectivity index (χ4v) is 6.94. The number of allylic oxidation sites excluding steroid dienone is 1. The maximum Gasteiger partial charge on any atom is 0.334 e. The van der Waals surface area contributed by atoms with Crippen LogP contribution < -0.4 is 0 Å². The van der Waals surface area contributed by atoms with E-state index < -0.39 is 59.3 Å². The fourth-order valence-electron chi connectivity index (χ4n) is 6.94. The molecule has 4 rings (SSSR count). The van der Waals surface area contributed by atoms with E-state index in [4.69, 9.17) is 14.2 Å². The van der Waals surface area contributed by atoms with E-state index in [1.807, 2.05) is 19.1 Å². The van der Waals surface area contributed by atoms with Crippen molar-refractivity contribution in [1.29, 1.82) is 0 Å². The summed E-state index contributed by atoms with van der Waals surface area (Å²) in [4.78, 5) is 36.3. The molecule has 8 atom stereocenters. The molecule has 0 aromatic rings. The Morgan fingerprint density at radius 1 is 1.09 bits per heavy atom. The Morgan fingerprint density at radius 2 is 1.72 bits per heavy atom. The van der Waals surface area contributed by atoms with Gasteiger partial charge in [-0.1, -0.05) is 26.8 Å². The van der Waals surface area contributed by atoms with E-state index in [0.717, 1.165) is 0 Å². The molecular weight excluding hydrogens is 416 g/mol. The third-order valence-corrected chi connectivity index (χ3v) is 8.36. The first-order valence-electron chi connectivity index (χ1n) is 11.1. The molecule has 8 nitrogen and oxygen atoms in total. The van der Waals surface area contributed by atoms with Crippen molar-refractivity contribution in [3.05, 3.63) is 23.3 Å². The Labute approximate surface area is 187 Å². The Hall–Kier alpha value is -2.19.